The topological polar surface area (TPSA) is 58.4 Å². The summed E-state index contributed by atoms with van der Waals surface area (Å²) in [5.41, 5.74) is -0.182. The molecule has 1 unspecified atom stereocenters. The Kier molecular flexibility index (Phi) is 3.38. The molecule has 0 bridgehead atoms. The van der Waals surface area contributed by atoms with E-state index in [4.69, 9.17) is 4.52 Å². The highest BCUT2D eigenvalue weighted by Crippen LogP contribution is 2.24. The Bertz CT molecular complexity index is 433. The predicted molar refractivity (Wildman–Crippen MR) is 63.8 cm³/mol. The Hall–Kier alpha value is -1.43. The first-order chi connectivity index (χ1) is 8.44. The highest BCUT2D eigenvalue weighted by atomic mass is 19.1. The van der Waals surface area contributed by atoms with Crippen LogP contribution in [0, 0.1) is 13.8 Å². The second-order valence-electron chi connectivity index (χ2n) is 4.86. The molecule has 0 saturated carbocycles. The molecule has 1 aliphatic heterocycles. The van der Waals surface area contributed by atoms with Gasteiger partial charge in [-0.2, -0.15) is 0 Å². The van der Waals surface area contributed by atoms with Gasteiger partial charge in [-0.3, -0.25) is 4.79 Å². The summed E-state index contributed by atoms with van der Waals surface area (Å²) >= 11 is 0. The smallest absolute Gasteiger partial charge is 0.261 e. The van der Waals surface area contributed by atoms with Crippen molar-refractivity contribution in [1.82, 2.24) is 15.4 Å². The zero-order chi connectivity index (χ0) is 13.3. The fraction of sp³-hybridized carbons (Fsp3) is 0.667. The summed E-state index contributed by atoms with van der Waals surface area (Å²) in [6.45, 7) is 4.56. The zero-order valence-corrected chi connectivity index (χ0v) is 10.9. The van der Waals surface area contributed by atoms with Crippen LogP contribution in [0.1, 0.15) is 23.4 Å². The SMILES string of the molecule is Cc1noc(C)c1CN(C)C(=O)C1(F)CCNC1. The largest absolute Gasteiger partial charge is 0.361 e. The minimum Gasteiger partial charge on any atom is -0.361 e. The minimum absolute atomic E-state index is 0.0950. The summed E-state index contributed by atoms with van der Waals surface area (Å²) < 4.78 is 19.3. The summed E-state index contributed by atoms with van der Waals surface area (Å²) in [6, 6.07) is 0. The first-order valence-corrected chi connectivity index (χ1v) is 6.01. The van der Waals surface area contributed by atoms with Crippen LogP contribution in [0.25, 0.3) is 0 Å². The van der Waals surface area contributed by atoms with Crippen molar-refractivity contribution in [2.24, 2.45) is 0 Å². The van der Waals surface area contributed by atoms with E-state index in [-0.39, 0.29) is 13.0 Å². The molecule has 5 nitrogen and oxygen atoms in total. The molecule has 2 heterocycles. The quantitative estimate of drug-likeness (QED) is 0.873. The molecule has 0 radical (unpaired) electrons. The predicted octanol–water partition coefficient (Wildman–Crippen LogP) is 0.951. The van der Waals surface area contributed by atoms with Gasteiger partial charge in [0.1, 0.15) is 5.76 Å². The number of nitrogens with zero attached hydrogens (tertiary/aromatic N) is 2. The second kappa shape index (κ2) is 4.68. The molecule has 1 aromatic rings. The maximum atomic E-state index is 14.3. The zero-order valence-electron chi connectivity index (χ0n) is 10.9. The summed E-state index contributed by atoms with van der Waals surface area (Å²) in [6.07, 6.45) is 0.234. The van der Waals surface area contributed by atoms with Gasteiger partial charge in [-0.25, -0.2) is 4.39 Å². The van der Waals surface area contributed by atoms with Crippen LogP contribution in [0.15, 0.2) is 4.52 Å². The van der Waals surface area contributed by atoms with E-state index in [0.29, 0.717) is 18.8 Å². The molecule has 100 valence electrons. The van der Waals surface area contributed by atoms with E-state index in [1.807, 2.05) is 6.92 Å². The molecule has 0 aliphatic carbocycles. The second-order valence-corrected chi connectivity index (χ2v) is 4.86. The van der Waals surface area contributed by atoms with Gasteiger partial charge in [-0.1, -0.05) is 5.16 Å². The van der Waals surface area contributed by atoms with Gasteiger partial charge in [0.2, 0.25) is 5.67 Å². The van der Waals surface area contributed by atoms with Crippen molar-refractivity contribution in [1.29, 1.82) is 0 Å². The number of hydrogen-bond donors (Lipinski definition) is 1. The lowest BCUT2D eigenvalue weighted by molar-refractivity contribution is -0.142. The van der Waals surface area contributed by atoms with Gasteiger partial charge < -0.3 is 14.7 Å². The number of carbonyl (C=O) groups is 1. The van der Waals surface area contributed by atoms with Gasteiger partial charge in [-0.05, 0) is 20.4 Å². The van der Waals surface area contributed by atoms with Gasteiger partial charge in [0.15, 0.2) is 0 Å². The van der Waals surface area contributed by atoms with Crippen LogP contribution in [0.2, 0.25) is 0 Å². The molecule has 1 aromatic heterocycles. The van der Waals surface area contributed by atoms with Crippen LogP contribution in [-0.4, -0.2) is 41.8 Å². The maximum absolute atomic E-state index is 14.3. The van der Waals surface area contributed by atoms with E-state index < -0.39 is 11.6 Å². The Balaban J connectivity index is 2.08. The van der Waals surface area contributed by atoms with E-state index in [1.54, 1.807) is 14.0 Å². The Labute approximate surface area is 105 Å². The molecule has 1 amide bonds. The Morgan fingerprint density at radius 2 is 2.33 bits per heavy atom. The summed E-state index contributed by atoms with van der Waals surface area (Å²) in [5, 5.41) is 6.70. The van der Waals surface area contributed by atoms with E-state index in [2.05, 4.69) is 10.5 Å². The average Bonchev–Trinajstić information content (AvgIpc) is 2.90. The van der Waals surface area contributed by atoms with E-state index in [0.717, 1.165) is 11.3 Å². The lowest BCUT2D eigenvalue weighted by atomic mass is 10.0. The van der Waals surface area contributed by atoms with Gasteiger partial charge >= 0.3 is 0 Å². The highest BCUT2D eigenvalue weighted by molar-refractivity contribution is 5.85. The molecule has 18 heavy (non-hydrogen) atoms. The standard InChI is InChI=1S/C12H18FN3O2/c1-8-10(9(2)18-15-8)6-16(3)11(17)12(13)4-5-14-7-12/h14H,4-7H2,1-3H3. The molecular weight excluding hydrogens is 237 g/mol. The number of hydrogen-bond acceptors (Lipinski definition) is 4. The van der Waals surface area contributed by atoms with Crippen molar-refractivity contribution in [2.75, 3.05) is 20.1 Å². The molecule has 0 spiro atoms. The third-order valence-electron chi connectivity index (χ3n) is 3.41. The van der Waals surface area contributed by atoms with E-state index in [1.165, 1.54) is 4.90 Å². The van der Waals surface area contributed by atoms with Gasteiger partial charge in [0.05, 0.1) is 12.2 Å². The van der Waals surface area contributed by atoms with Crippen molar-refractivity contribution in [3.8, 4) is 0 Å². The normalized spacial score (nSPS) is 23.3. The van der Waals surface area contributed by atoms with E-state index >= 15 is 0 Å². The molecule has 1 saturated heterocycles. The van der Waals surface area contributed by atoms with Crippen LogP contribution in [0.4, 0.5) is 4.39 Å². The molecule has 1 atom stereocenters. The summed E-state index contributed by atoms with van der Waals surface area (Å²) in [7, 11) is 1.61. The average molecular weight is 255 g/mol. The monoisotopic (exact) mass is 255 g/mol. The molecule has 6 heteroatoms. The third kappa shape index (κ3) is 2.25. The van der Waals surface area contributed by atoms with Crippen molar-refractivity contribution in [3.05, 3.63) is 17.0 Å². The van der Waals surface area contributed by atoms with Gasteiger partial charge in [0, 0.05) is 25.6 Å². The fourth-order valence-electron chi connectivity index (χ4n) is 2.22. The Morgan fingerprint density at radius 3 is 2.83 bits per heavy atom. The number of halogens is 1. The third-order valence-corrected chi connectivity index (χ3v) is 3.41. The van der Waals surface area contributed by atoms with Crippen molar-refractivity contribution >= 4 is 5.91 Å². The molecule has 0 aromatic carbocycles. The van der Waals surface area contributed by atoms with Crippen LogP contribution >= 0.6 is 0 Å². The molecule has 1 aliphatic rings. The number of aryl methyl sites for hydroxylation is 2. The first kappa shape index (κ1) is 13.0. The molecule has 1 fully saturated rings. The van der Waals surface area contributed by atoms with Crippen molar-refractivity contribution in [2.45, 2.75) is 32.5 Å². The van der Waals surface area contributed by atoms with Crippen LogP contribution in [-0.2, 0) is 11.3 Å². The summed E-state index contributed by atoms with van der Waals surface area (Å²) in [5.74, 6) is 0.192. The van der Waals surface area contributed by atoms with Crippen LogP contribution in [0.5, 0.6) is 0 Å². The fourth-order valence-corrected chi connectivity index (χ4v) is 2.22. The highest BCUT2D eigenvalue weighted by Gasteiger charge is 2.43. The minimum atomic E-state index is -1.77. The molecule has 1 N–H and O–H groups in total. The Morgan fingerprint density at radius 1 is 1.61 bits per heavy atom. The number of alkyl halides is 1. The number of aromatic nitrogens is 1. The number of carbonyl (C=O) groups excluding carboxylic acids is 1. The molecular formula is C12H18FN3O2. The van der Waals surface area contributed by atoms with Crippen molar-refractivity contribution < 1.29 is 13.7 Å². The van der Waals surface area contributed by atoms with Crippen LogP contribution < -0.4 is 5.32 Å². The van der Waals surface area contributed by atoms with Crippen LogP contribution in [0.3, 0.4) is 0 Å². The van der Waals surface area contributed by atoms with Gasteiger partial charge in [-0.15, -0.1) is 0 Å². The van der Waals surface area contributed by atoms with E-state index in [9.17, 15) is 9.18 Å². The number of amides is 1. The lowest BCUT2D eigenvalue weighted by Crippen LogP contribution is -2.45. The maximum Gasteiger partial charge on any atom is 0.261 e. The van der Waals surface area contributed by atoms with Gasteiger partial charge in [0.25, 0.3) is 5.91 Å². The molecule has 2 rings (SSSR count). The first-order valence-electron chi connectivity index (χ1n) is 6.01. The lowest BCUT2D eigenvalue weighted by Gasteiger charge is -2.25. The number of rotatable bonds is 3. The summed E-state index contributed by atoms with van der Waals surface area (Å²) in [4.78, 5) is 13.5. The number of nitrogens with one attached hydrogen (secondary N) is 1. The van der Waals surface area contributed by atoms with Crippen molar-refractivity contribution in [3.63, 3.8) is 0 Å².